The largest absolute Gasteiger partial charge is 0.348 e. The number of halogens is 1. The number of amides is 1. The number of carbonyl (C=O) groups is 1. The minimum atomic E-state index is -0.218. The van der Waals surface area contributed by atoms with Crippen LogP contribution in [0.4, 0.5) is 4.39 Å². The highest BCUT2D eigenvalue weighted by molar-refractivity contribution is 5.97. The Morgan fingerprint density at radius 2 is 1.96 bits per heavy atom. The van der Waals surface area contributed by atoms with Gasteiger partial charge in [-0.15, -0.1) is 0 Å². The Labute approximate surface area is 146 Å². The van der Waals surface area contributed by atoms with Gasteiger partial charge < -0.3 is 5.32 Å². The Balaban J connectivity index is 1.71. The van der Waals surface area contributed by atoms with Crippen LogP contribution in [0.15, 0.2) is 54.7 Å². The third-order valence-electron chi connectivity index (χ3n) is 4.26. The van der Waals surface area contributed by atoms with E-state index in [2.05, 4.69) is 17.2 Å². The van der Waals surface area contributed by atoms with Crippen LogP contribution in [0.5, 0.6) is 0 Å². The molecule has 1 N–H and O–H groups in total. The fraction of sp³-hybridized carbons (Fsp3) is 0.238. The molecule has 0 aliphatic heterocycles. The zero-order valence-electron chi connectivity index (χ0n) is 14.3. The first-order valence-corrected chi connectivity index (χ1v) is 8.58. The number of nitrogens with zero attached hydrogens (tertiary/aromatic N) is 1. The third-order valence-corrected chi connectivity index (χ3v) is 4.26. The summed E-state index contributed by atoms with van der Waals surface area (Å²) in [4.78, 5) is 16.6. The minimum Gasteiger partial charge on any atom is -0.348 e. The first-order valence-electron chi connectivity index (χ1n) is 8.58. The number of hydrogen-bond donors (Lipinski definition) is 1. The van der Waals surface area contributed by atoms with E-state index in [-0.39, 0.29) is 18.3 Å². The van der Waals surface area contributed by atoms with Crippen LogP contribution < -0.4 is 5.32 Å². The number of aromatic nitrogens is 1. The van der Waals surface area contributed by atoms with Gasteiger partial charge in [0.25, 0.3) is 5.91 Å². The molecular weight excluding hydrogens is 315 g/mol. The summed E-state index contributed by atoms with van der Waals surface area (Å²) in [5, 5.41) is 3.71. The maximum absolute atomic E-state index is 14.5. The van der Waals surface area contributed by atoms with Gasteiger partial charge in [-0.25, -0.2) is 4.39 Å². The van der Waals surface area contributed by atoms with Crippen molar-refractivity contribution < 1.29 is 9.18 Å². The quantitative estimate of drug-likeness (QED) is 0.712. The van der Waals surface area contributed by atoms with E-state index in [1.165, 1.54) is 0 Å². The molecule has 4 heteroatoms. The molecule has 3 nitrogen and oxygen atoms in total. The molecule has 0 aliphatic carbocycles. The number of unbranched alkanes of at least 4 members (excludes halogenated alkanes) is 1. The standard InChI is InChI=1S/C21H21FN2O/c1-2-3-6-15-7-4-8-18(20(15)22)14-24-21(25)17-10-11-19-16(13-17)9-5-12-23-19/h4-5,7-13H,2-3,6,14H2,1H3,(H,24,25). The second kappa shape index (κ2) is 7.88. The Kier molecular flexibility index (Phi) is 5.39. The number of rotatable bonds is 6. The van der Waals surface area contributed by atoms with Gasteiger partial charge in [0.05, 0.1) is 5.52 Å². The molecule has 3 aromatic rings. The number of aryl methyl sites for hydroxylation is 1. The number of benzene rings is 2. The molecule has 0 aliphatic rings. The molecule has 0 fully saturated rings. The number of carbonyl (C=O) groups excluding carboxylic acids is 1. The van der Waals surface area contributed by atoms with Crippen molar-refractivity contribution in [3.05, 3.63) is 77.2 Å². The summed E-state index contributed by atoms with van der Waals surface area (Å²) in [6, 6.07) is 14.5. The lowest BCUT2D eigenvalue weighted by molar-refractivity contribution is 0.0950. The van der Waals surface area contributed by atoms with Crippen LogP contribution in [0.25, 0.3) is 10.9 Å². The highest BCUT2D eigenvalue weighted by atomic mass is 19.1. The van der Waals surface area contributed by atoms with Gasteiger partial charge in [-0.2, -0.15) is 0 Å². The van der Waals surface area contributed by atoms with Crippen molar-refractivity contribution in [2.24, 2.45) is 0 Å². The molecule has 1 amide bonds. The van der Waals surface area contributed by atoms with Gasteiger partial charge in [0.1, 0.15) is 5.82 Å². The summed E-state index contributed by atoms with van der Waals surface area (Å²) in [6.07, 6.45) is 4.42. The third kappa shape index (κ3) is 4.02. The van der Waals surface area contributed by atoms with E-state index >= 15 is 0 Å². The summed E-state index contributed by atoms with van der Waals surface area (Å²) in [6.45, 7) is 2.26. The summed E-state index contributed by atoms with van der Waals surface area (Å²) >= 11 is 0. The molecule has 0 spiro atoms. The van der Waals surface area contributed by atoms with Crippen molar-refractivity contribution in [3.8, 4) is 0 Å². The maximum atomic E-state index is 14.5. The normalized spacial score (nSPS) is 10.8. The topological polar surface area (TPSA) is 42.0 Å². The molecule has 0 radical (unpaired) electrons. The lowest BCUT2D eigenvalue weighted by Gasteiger charge is -2.10. The molecule has 1 aromatic heterocycles. The molecule has 0 unspecified atom stereocenters. The lowest BCUT2D eigenvalue weighted by Crippen LogP contribution is -2.23. The first kappa shape index (κ1) is 17.1. The smallest absolute Gasteiger partial charge is 0.251 e. The van der Waals surface area contributed by atoms with E-state index in [1.807, 2.05) is 30.3 Å². The zero-order valence-corrected chi connectivity index (χ0v) is 14.3. The van der Waals surface area contributed by atoms with Crippen molar-refractivity contribution in [2.75, 3.05) is 0 Å². The van der Waals surface area contributed by atoms with Crippen LogP contribution in [0.2, 0.25) is 0 Å². The lowest BCUT2D eigenvalue weighted by atomic mass is 10.0. The monoisotopic (exact) mass is 336 g/mol. The Bertz CT molecular complexity index is 892. The molecule has 3 rings (SSSR count). The van der Waals surface area contributed by atoms with E-state index in [9.17, 15) is 9.18 Å². The minimum absolute atomic E-state index is 0.176. The van der Waals surface area contributed by atoms with Gasteiger partial charge in [0.15, 0.2) is 0 Å². The van der Waals surface area contributed by atoms with Crippen LogP contribution in [0, 0.1) is 5.82 Å². The molecule has 0 atom stereocenters. The molecule has 0 bridgehead atoms. The predicted molar refractivity (Wildman–Crippen MR) is 97.9 cm³/mol. The van der Waals surface area contributed by atoms with Gasteiger partial charge in [-0.1, -0.05) is 37.6 Å². The van der Waals surface area contributed by atoms with Crippen molar-refractivity contribution in [2.45, 2.75) is 32.7 Å². The fourth-order valence-electron chi connectivity index (χ4n) is 2.82. The number of hydrogen-bond acceptors (Lipinski definition) is 2. The zero-order chi connectivity index (χ0) is 17.6. The number of pyridine rings is 1. The van der Waals surface area contributed by atoms with Crippen molar-refractivity contribution >= 4 is 16.8 Å². The van der Waals surface area contributed by atoms with Gasteiger partial charge in [-0.05, 0) is 42.7 Å². The van der Waals surface area contributed by atoms with E-state index in [0.29, 0.717) is 16.7 Å². The van der Waals surface area contributed by atoms with Crippen molar-refractivity contribution in [1.29, 1.82) is 0 Å². The molecule has 128 valence electrons. The average molecular weight is 336 g/mol. The van der Waals surface area contributed by atoms with Gasteiger partial charge >= 0.3 is 0 Å². The van der Waals surface area contributed by atoms with E-state index in [0.717, 1.165) is 30.2 Å². The Morgan fingerprint density at radius 3 is 2.80 bits per heavy atom. The van der Waals surface area contributed by atoms with Crippen LogP contribution in [-0.2, 0) is 13.0 Å². The molecule has 0 saturated heterocycles. The predicted octanol–water partition coefficient (Wildman–Crippen LogP) is 4.65. The van der Waals surface area contributed by atoms with Crippen LogP contribution in [-0.4, -0.2) is 10.9 Å². The number of nitrogens with one attached hydrogen (secondary N) is 1. The van der Waals surface area contributed by atoms with E-state index in [4.69, 9.17) is 0 Å². The Morgan fingerprint density at radius 1 is 1.12 bits per heavy atom. The molecule has 2 aromatic carbocycles. The molecule has 0 saturated carbocycles. The molecule has 25 heavy (non-hydrogen) atoms. The Hall–Kier alpha value is -2.75. The highest BCUT2D eigenvalue weighted by Gasteiger charge is 2.11. The summed E-state index contributed by atoms with van der Waals surface area (Å²) in [7, 11) is 0. The maximum Gasteiger partial charge on any atom is 0.251 e. The second-order valence-electron chi connectivity index (χ2n) is 6.09. The van der Waals surface area contributed by atoms with Crippen LogP contribution in [0.3, 0.4) is 0 Å². The average Bonchev–Trinajstić information content (AvgIpc) is 2.65. The van der Waals surface area contributed by atoms with E-state index < -0.39 is 0 Å². The summed E-state index contributed by atoms with van der Waals surface area (Å²) in [5.74, 6) is -0.428. The molecule has 1 heterocycles. The van der Waals surface area contributed by atoms with Gasteiger partial charge in [-0.3, -0.25) is 9.78 Å². The van der Waals surface area contributed by atoms with Crippen molar-refractivity contribution in [3.63, 3.8) is 0 Å². The first-order chi connectivity index (χ1) is 12.2. The molecular formula is C21H21FN2O. The van der Waals surface area contributed by atoms with E-state index in [1.54, 1.807) is 24.4 Å². The highest BCUT2D eigenvalue weighted by Crippen LogP contribution is 2.16. The SMILES string of the molecule is CCCCc1cccc(CNC(=O)c2ccc3ncccc3c2)c1F. The van der Waals surface area contributed by atoms with Gasteiger partial charge in [0, 0.05) is 29.3 Å². The van der Waals surface area contributed by atoms with Crippen LogP contribution >= 0.6 is 0 Å². The summed E-state index contributed by atoms with van der Waals surface area (Å²) < 4.78 is 14.5. The second-order valence-corrected chi connectivity index (χ2v) is 6.09. The fourth-order valence-corrected chi connectivity index (χ4v) is 2.82. The van der Waals surface area contributed by atoms with Gasteiger partial charge in [0.2, 0.25) is 0 Å². The number of fused-ring (bicyclic) bond motifs is 1. The van der Waals surface area contributed by atoms with Crippen molar-refractivity contribution in [1.82, 2.24) is 10.3 Å². The van der Waals surface area contributed by atoms with Crippen LogP contribution in [0.1, 0.15) is 41.3 Å². The summed E-state index contributed by atoms with van der Waals surface area (Å²) in [5.41, 5.74) is 2.62.